The van der Waals surface area contributed by atoms with Crippen LogP contribution in [0.1, 0.15) is 56.2 Å². The summed E-state index contributed by atoms with van der Waals surface area (Å²) in [4.78, 5) is 12.5. The number of rotatable bonds is 5. The van der Waals surface area contributed by atoms with Gasteiger partial charge in [-0.3, -0.25) is 0 Å². The maximum atomic E-state index is 12.5. The van der Waals surface area contributed by atoms with Crippen molar-refractivity contribution in [3.8, 4) is 0 Å². The number of hydrogen-bond acceptors (Lipinski definition) is 4. The Labute approximate surface area is 156 Å². The molecule has 1 heterocycles. The number of nitrogens with one attached hydrogen (secondary N) is 3. The van der Waals surface area contributed by atoms with Gasteiger partial charge in [-0.25, -0.2) is 9.52 Å². The third-order valence-electron chi connectivity index (χ3n) is 4.46. The fourth-order valence-corrected chi connectivity index (χ4v) is 4.18. The predicted molar refractivity (Wildman–Crippen MR) is 105 cm³/mol. The van der Waals surface area contributed by atoms with E-state index in [2.05, 4.69) is 43.1 Å². The van der Waals surface area contributed by atoms with Crippen molar-refractivity contribution in [2.75, 3.05) is 31.5 Å². The quantitative estimate of drug-likeness (QED) is 0.730. The maximum Gasteiger partial charge on any atom is 0.333 e. The highest BCUT2D eigenvalue weighted by Gasteiger charge is 2.26. The molecule has 26 heavy (non-hydrogen) atoms. The van der Waals surface area contributed by atoms with Crippen LogP contribution >= 0.6 is 0 Å². The molecule has 7 nitrogen and oxygen atoms in total. The lowest BCUT2D eigenvalue weighted by Gasteiger charge is -2.27. The topological polar surface area (TPSA) is 90.5 Å². The fourth-order valence-electron chi connectivity index (χ4n) is 3.10. The number of hydrogen-bond donors (Lipinski definition) is 3. The van der Waals surface area contributed by atoms with E-state index in [1.165, 1.54) is 4.31 Å². The van der Waals surface area contributed by atoms with Gasteiger partial charge in [0.25, 0.3) is 0 Å². The van der Waals surface area contributed by atoms with Gasteiger partial charge in [0, 0.05) is 31.9 Å². The lowest BCUT2D eigenvalue weighted by Crippen LogP contribution is -2.52. The SMILES string of the molecule is Cc1cc(C(C)C)c(NC(=O)NS(=O)(=O)N2CCNCC2)c(C(C)C)c1. The van der Waals surface area contributed by atoms with E-state index >= 15 is 0 Å². The van der Waals surface area contributed by atoms with Crippen LogP contribution in [0.5, 0.6) is 0 Å². The summed E-state index contributed by atoms with van der Waals surface area (Å²) >= 11 is 0. The van der Waals surface area contributed by atoms with Crippen LogP contribution < -0.4 is 15.4 Å². The molecule has 1 aliphatic rings. The van der Waals surface area contributed by atoms with E-state index in [1.54, 1.807) is 0 Å². The average Bonchev–Trinajstić information content (AvgIpc) is 2.56. The zero-order valence-corrected chi connectivity index (χ0v) is 17.0. The van der Waals surface area contributed by atoms with Crippen molar-refractivity contribution in [3.63, 3.8) is 0 Å². The van der Waals surface area contributed by atoms with Crippen molar-refractivity contribution in [2.45, 2.75) is 46.5 Å². The van der Waals surface area contributed by atoms with Gasteiger partial charge >= 0.3 is 16.2 Å². The molecule has 146 valence electrons. The second-order valence-corrected chi connectivity index (χ2v) is 9.01. The first kappa shape index (κ1) is 20.7. The lowest BCUT2D eigenvalue weighted by atomic mass is 9.90. The molecule has 0 aromatic heterocycles. The Morgan fingerprint density at radius 2 is 1.58 bits per heavy atom. The molecule has 0 radical (unpaired) electrons. The molecule has 0 spiro atoms. The van der Waals surface area contributed by atoms with E-state index in [9.17, 15) is 13.2 Å². The number of benzene rings is 1. The number of aryl methyl sites for hydroxylation is 1. The van der Waals surface area contributed by atoms with Crippen molar-refractivity contribution in [2.24, 2.45) is 0 Å². The summed E-state index contributed by atoms with van der Waals surface area (Å²) in [6.45, 7) is 12.1. The van der Waals surface area contributed by atoms with Gasteiger partial charge in [-0.05, 0) is 29.9 Å². The van der Waals surface area contributed by atoms with E-state index in [-0.39, 0.29) is 11.8 Å². The molecule has 0 aliphatic carbocycles. The van der Waals surface area contributed by atoms with E-state index in [0.29, 0.717) is 31.9 Å². The van der Waals surface area contributed by atoms with E-state index in [0.717, 1.165) is 16.7 Å². The van der Waals surface area contributed by atoms with Gasteiger partial charge in [-0.1, -0.05) is 45.4 Å². The van der Waals surface area contributed by atoms with Crippen molar-refractivity contribution < 1.29 is 13.2 Å². The second kappa shape index (κ2) is 8.37. The van der Waals surface area contributed by atoms with E-state index in [1.807, 2.05) is 19.1 Å². The first-order valence-corrected chi connectivity index (χ1v) is 10.5. The van der Waals surface area contributed by atoms with Crippen molar-refractivity contribution in [1.29, 1.82) is 0 Å². The highest BCUT2D eigenvalue weighted by molar-refractivity contribution is 7.87. The molecule has 0 saturated carbocycles. The lowest BCUT2D eigenvalue weighted by molar-refractivity contribution is 0.255. The monoisotopic (exact) mass is 382 g/mol. The standard InChI is InChI=1S/C18H30N4O3S/c1-12(2)15-10-14(5)11-16(13(3)4)17(15)20-18(23)21-26(24,25)22-8-6-19-7-9-22/h10-13,19H,6-9H2,1-5H3,(H2,20,21,23). The molecule has 1 aromatic rings. The summed E-state index contributed by atoms with van der Waals surface area (Å²) < 4.78 is 28.2. The van der Waals surface area contributed by atoms with Gasteiger partial charge in [0.05, 0.1) is 0 Å². The van der Waals surface area contributed by atoms with Crippen LogP contribution in [-0.4, -0.2) is 44.9 Å². The average molecular weight is 383 g/mol. The molecule has 3 N–H and O–H groups in total. The molecule has 1 aliphatic heterocycles. The Morgan fingerprint density at radius 3 is 2.04 bits per heavy atom. The molecule has 1 aromatic carbocycles. The molecule has 0 atom stereocenters. The molecule has 0 bridgehead atoms. The third kappa shape index (κ3) is 4.96. The summed E-state index contributed by atoms with van der Waals surface area (Å²) in [7, 11) is -3.85. The van der Waals surface area contributed by atoms with Crippen molar-refractivity contribution >= 4 is 21.9 Å². The summed E-state index contributed by atoms with van der Waals surface area (Å²) in [6, 6.07) is 3.35. The number of anilines is 1. The molecule has 8 heteroatoms. The highest BCUT2D eigenvalue weighted by Crippen LogP contribution is 2.33. The van der Waals surface area contributed by atoms with Crippen LogP contribution in [0.4, 0.5) is 10.5 Å². The predicted octanol–water partition coefficient (Wildman–Crippen LogP) is 2.51. The van der Waals surface area contributed by atoms with Gasteiger partial charge in [-0.15, -0.1) is 0 Å². The van der Waals surface area contributed by atoms with Crippen LogP contribution in [-0.2, 0) is 10.2 Å². The van der Waals surface area contributed by atoms with Crippen LogP contribution in [0.2, 0.25) is 0 Å². The molecule has 1 fully saturated rings. The Hall–Kier alpha value is -1.64. The van der Waals surface area contributed by atoms with Gasteiger partial charge in [0.15, 0.2) is 0 Å². The van der Waals surface area contributed by atoms with Crippen molar-refractivity contribution in [1.82, 2.24) is 14.3 Å². The van der Waals surface area contributed by atoms with Gasteiger partial charge in [0.2, 0.25) is 0 Å². The molecule has 1 saturated heterocycles. The minimum absolute atomic E-state index is 0.201. The van der Waals surface area contributed by atoms with Crippen LogP contribution in [0.15, 0.2) is 12.1 Å². The zero-order valence-electron chi connectivity index (χ0n) is 16.2. The maximum absolute atomic E-state index is 12.5. The van der Waals surface area contributed by atoms with E-state index < -0.39 is 16.2 Å². The second-order valence-electron chi connectivity index (χ2n) is 7.34. The van der Waals surface area contributed by atoms with Gasteiger partial charge < -0.3 is 10.6 Å². The zero-order chi connectivity index (χ0) is 19.5. The van der Waals surface area contributed by atoms with Crippen LogP contribution in [0.3, 0.4) is 0 Å². The number of carbonyl (C=O) groups is 1. The molecular formula is C18H30N4O3S. The first-order valence-electron chi connectivity index (χ1n) is 9.06. The number of urea groups is 1. The minimum atomic E-state index is -3.85. The molecule has 2 amide bonds. The first-order chi connectivity index (χ1) is 12.1. The third-order valence-corrected chi connectivity index (χ3v) is 5.95. The molecule has 0 unspecified atom stereocenters. The number of amides is 2. The molecular weight excluding hydrogens is 352 g/mol. The Bertz CT molecular complexity index is 725. The summed E-state index contributed by atoms with van der Waals surface area (Å²) in [5.74, 6) is 0.403. The number of piperazine rings is 1. The Morgan fingerprint density at radius 1 is 1.08 bits per heavy atom. The van der Waals surface area contributed by atoms with Gasteiger partial charge in [-0.2, -0.15) is 12.7 Å². The molecule has 2 rings (SSSR count). The summed E-state index contributed by atoms with van der Waals surface area (Å²) in [5.41, 5.74) is 3.83. The summed E-state index contributed by atoms with van der Waals surface area (Å²) in [6.07, 6.45) is 0. The van der Waals surface area contributed by atoms with Crippen LogP contribution in [0, 0.1) is 6.92 Å². The minimum Gasteiger partial charge on any atom is -0.314 e. The smallest absolute Gasteiger partial charge is 0.314 e. The fraction of sp³-hybridized carbons (Fsp3) is 0.611. The Kier molecular flexibility index (Phi) is 6.65. The van der Waals surface area contributed by atoms with E-state index in [4.69, 9.17) is 0 Å². The highest BCUT2D eigenvalue weighted by atomic mass is 32.2. The number of carbonyl (C=O) groups excluding carboxylic acids is 1. The van der Waals surface area contributed by atoms with Crippen LogP contribution in [0.25, 0.3) is 0 Å². The summed E-state index contributed by atoms with van der Waals surface area (Å²) in [5, 5.41) is 5.88. The Balaban J connectivity index is 2.25. The number of nitrogens with zero attached hydrogens (tertiary/aromatic N) is 1. The largest absolute Gasteiger partial charge is 0.333 e. The van der Waals surface area contributed by atoms with Crippen molar-refractivity contribution in [3.05, 3.63) is 28.8 Å². The van der Waals surface area contributed by atoms with Gasteiger partial charge in [0.1, 0.15) is 0 Å². The normalized spacial score (nSPS) is 16.1.